The van der Waals surface area contributed by atoms with Gasteiger partial charge < -0.3 is 0 Å². The van der Waals surface area contributed by atoms with Crippen LogP contribution in [0.15, 0.2) is 18.2 Å². The molecule has 1 N–H and O–H groups in total. The van der Waals surface area contributed by atoms with Crippen LogP contribution >= 0.6 is 0 Å². The summed E-state index contributed by atoms with van der Waals surface area (Å²) in [6.45, 7) is 7.71. The van der Waals surface area contributed by atoms with Crippen molar-refractivity contribution in [3.8, 4) is 0 Å². The topological polar surface area (TPSA) is 46.2 Å². The van der Waals surface area contributed by atoms with Crippen LogP contribution in [0.25, 0.3) is 0 Å². The van der Waals surface area contributed by atoms with E-state index in [4.69, 9.17) is 0 Å². The van der Waals surface area contributed by atoms with E-state index in [1.807, 2.05) is 32.9 Å². The molecule has 0 saturated carbocycles. The summed E-state index contributed by atoms with van der Waals surface area (Å²) in [5, 5.41) is -0.353. The molecule has 1 unspecified atom stereocenters. The van der Waals surface area contributed by atoms with Gasteiger partial charge in [0.2, 0.25) is 10.0 Å². The van der Waals surface area contributed by atoms with Crippen LogP contribution in [0.2, 0.25) is 0 Å². The van der Waals surface area contributed by atoms with Crippen molar-refractivity contribution in [3.63, 3.8) is 0 Å². The highest BCUT2D eigenvalue weighted by atomic mass is 32.2. The minimum atomic E-state index is -3.26. The molecule has 1 atom stereocenters. The maximum Gasteiger partial charge on any atom is 0.235 e. The normalized spacial score (nSPS) is 13.4. The van der Waals surface area contributed by atoms with Gasteiger partial charge in [-0.3, -0.25) is 4.72 Å². The van der Waals surface area contributed by atoms with Crippen molar-refractivity contribution in [1.82, 2.24) is 0 Å². The first kappa shape index (κ1) is 14.0. The van der Waals surface area contributed by atoms with Crippen molar-refractivity contribution < 1.29 is 8.42 Å². The first-order valence-corrected chi connectivity index (χ1v) is 7.50. The van der Waals surface area contributed by atoms with Crippen LogP contribution in [0.3, 0.4) is 0 Å². The predicted octanol–water partition coefficient (Wildman–Crippen LogP) is 3.23. The Morgan fingerprint density at radius 2 is 1.88 bits per heavy atom. The van der Waals surface area contributed by atoms with Crippen LogP contribution in [-0.2, 0) is 10.0 Å². The highest BCUT2D eigenvalue weighted by Gasteiger charge is 2.19. The Morgan fingerprint density at radius 1 is 1.24 bits per heavy atom. The largest absolute Gasteiger partial charge is 0.283 e. The fraction of sp³-hybridized carbons (Fsp3) is 0.538. The molecule has 0 amide bonds. The molecule has 0 heterocycles. The van der Waals surface area contributed by atoms with Crippen LogP contribution in [-0.4, -0.2) is 13.7 Å². The van der Waals surface area contributed by atoms with E-state index in [1.165, 1.54) is 0 Å². The van der Waals surface area contributed by atoms with Gasteiger partial charge in [-0.05, 0) is 50.5 Å². The van der Waals surface area contributed by atoms with E-state index in [2.05, 4.69) is 4.72 Å². The fourth-order valence-electron chi connectivity index (χ4n) is 1.63. The number of benzene rings is 1. The van der Waals surface area contributed by atoms with Gasteiger partial charge in [0, 0.05) is 5.69 Å². The third kappa shape index (κ3) is 3.73. The summed E-state index contributed by atoms with van der Waals surface area (Å²) in [6.07, 6.45) is 1.55. The lowest BCUT2D eigenvalue weighted by Gasteiger charge is -2.14. The zero-order valence-electron chi connectivity index (χ0n) is 10.9. The molecule has 1 aromatic rings. The van der Waals surface area contributed by atoms with E-state index < -0.39 is 10.0 Å². The van der Waals surface area contributed by atoms with E-state index in [9.17, 15) is 8.42 Å². The van der Waals surface area contributed by atoms with Gasteiger partial charge >= 0.3 is 0 Å². The molecule has 0 saturated heterocycles. The Morgan fingerprint density at radius 3 is 2.41 bits per heavy atom. The molecule has 3 nitrogen and oxygen atoms in total. The summed E-state index contributed by atoms with van der Waals surface area (Å²) in [6, 6.07) is 5.60. The summed E-state index contributed by atoms with van der Waals surface area (Å²) < 4.78 is 26.6. The third-order valence-corrected chi connectivity index (χ3v) is 4.81. The van der Waals surface area contributed by atoms with Crippen molar-refractivity contribution in [2.45, 2.75) is 45.8 Å². The van der Waals surface area contributed by atoms with Crippen LogP contribution in [0.4, 0.5) is 5.69 Å². The van der Waals surface area contributed by atoms with E-state index >= 15 is 0 Å². The Kier molecular flexibility index (Phi) is 4.57. The Bertz CT molecular complexity index is 480. The van der Waals surface area contributed by atoms with E-state index in [-0.39, 0.29) is 5.25 Å². The standard InChI is InChI=1S/C13H21NO2S/c1-5-6-12(4)17(15,16)14-13-8-7-10(2)11(3)9-13/h7-9,12,14H,5-6H2,1-4H3. The monoisotopic (exact) mass is 255 g/mol. The SMILES string of the molecule is CCCC(C)S(=O)(=O)Nc1ccc(C)c(C)c1. The molecule has 1 aromatic carbocycles. The lowest BCUT2D eigenvalue weighted by Crippen LogP contribution is -2.25. The molecule has 0 fully saturated rings. The molecule has 0 bridgehead atoms. The summed E-state index contributed by atoms with van der Waals surface area (Å²) in [5.41, 5.74) is 2.90. The van der Waals surface area contributed by atoms with Crippen LogP contribution in [0, 0.1) is 13.8 Å². The average molecular weight is 255 g/mol. The number of nitrogens with one attached hydrogen (secondary N) is 1. The van der Waals surface area contributed by atoms with Crippen molar-refractivity contribution >= 4 is 15.7 Å². The molecule has 0 aliphatic heterocycles. The Hall–Kier alpha value is -1.03. The number of hydrogen-bond acceptors (Lipinski definition) is 2. The van der Waals surface area contributed by atoms with Crippen LogP contribution < -0.4 is 4.72 Å². The van der Waals surface area contributed by atoms with Gasteiger partial charge in [0.1, 0.15) is 0 Å². The van der Waals surface area contributed by atoms with E-state index in [0.717, 1.165) is 17.5 Å². The average Bonchev–Trinajstić information content (AvgIpc) is 2.23. The second kappa shape index (κ2) is 5.54. The first-order chi connectivity index (χ1) is 7.86. The quantitative estimate of drug-likeness (QED) is 0.878. The first-order valence-electron chi connectivity index (χ1n) is 5.95. The van der Waals surface area contributed by atoms with Gasteiger partial charge in [-0.25, -0.2) is 8.42 Å². The Balaban J connectivity index is 2.86. The molecular formula is C13H21NO2S. The molecule has 0 spiro atoms. The second-order valence-corrected chi connectivity index (χ2v) is 6.64. The minimum Gasteiger partial charge on any atom is -0.283 e. The molecule has 4 heteroatoms. The van der Waals surface area contributed by atoms with Gasteiger partial charge in [0.05, 0.1) is 5.25 Å². The van der Waals surface area contributed by atoms with Crippen LogP contribution in [0.1, 0.15) is 37.8 Å². The highest BCUT2D eigenvalue weighted by Crippen LogP contribution is 2.18. The molecule has 0 radical (unpaired) electrons. The number of anilines is 1. The summed E-state index contributed by atoms with van der Waals surface area (Å²) in [4.78, 5) is 0. The molecule has 1 rings (SSSR count). The zero-order chi connectivity index (χ0) is 13.1. The predicted molar refractivity (Wildman–Crippen MR) is 72.8 cm³/mol. The number of rotatable bonds is 5. The molecule has 0 aliphatic carbocycles. The smallest absolute Gasteiger partial charge is 0.235 e. The van der Waals surface area contributed by atoms with E-state index in [1.54, 1.807) is 13.0 Å². The van der Waals surface area contributed by atoms with Gasteiger partial charge in [-0.2, -0.15) is 0 Å². The van der Waals surface area contributed by atoms with Gasteiger partial charge in [-0.1, -0.05) is 19.4 Å². The highest BCUT2D eigenvalue weighted by molar-refractivity contribution is 7.93. The number of sulfonamides is 1. The van der Waals surface area contributed by atoms with Gasteiger partial charge in [0.25, 0.3) is 0 Å². The molecule has 0 aliphatic rings. The van der Waals surface area contributed by atoms with Crippen LogP contribution in [0.5, 0.6) is 0 Å². The van der Waals surface area contributed by atoms with Gasteiger partial charge in [0.15, 0.2) is 0 Å². The van der Waals surface area contributed by atoms with Crippen molar-refractivity contribution in [1.29, 1.82) is 0 Å². The number of aryl methyl sites for hydroxylation is 2. The molecular weight excluding hydrogens is 234 g/mol. The lowest BCUT2D eigenvalue weighted by atomic mass is 10.1. The maximum atomic E-state index is 12.0. The number of hydrogen-bond donors (Lipinski definition) is 1. The van der Waals surface area contributed by atoms with E-state index in [0.29, 0.717) is 12.1 Å². The van der Waals surface area contributed by atoms with Crippen molar-refractivity contribution in [3.05, 3.63) is 29.3 Å². The summed E-state index contributed by atoms with van der Waals surface area (Å²) in [5.74, 6) is 0. The lowest BCUT2D eigenvalue weighted by molar-refractivity contribution is 0.581. The second-order valence-electron chi connectivity index (χ2n) is 4.55. The van der Waals surface area contributed by atoms with Crippen molar-refractivity contribution in [2.24, 2.45) is 0 Å². The third-order valence-electron chi connectivity index (χ3n) is 2.99. The Labute approximate surface area is 104 Å². The molecule has 96 valence electrons. The molecule has 0 aromatic heterocycles. The van der Waals surface area contributed by atoms with Crippen molar-refractivity contribution in [2.75, 3.05) is 4.72 Å². The summed E-state index contributed by atoms with van der Waals surface area (Å²) >= 11 is 0. The van der Waals surface area contributed by atoms with Gasteiger partial charge in [-0.15, -0.1) is 0 Å². The zero-order valence-corrected chi connectivity index (χ0v) is 11.8. The molecule has 17 heavy (non-hydrogen) atoms. The summed E-state index contributed by atoms with van der Waals surface area (Å²) in [7, 11) is -3.26. The minimum absolute atomic E-state index is 0.353. The fourth-order valence-corrected chi connectivity index (χ4v) is 2.83. The maximum absolute atomic E-state index is 12.0.